The van der Waals surface area contributed by atoms with Crippen LogP contribution in [0.3, 0.4) is 0 Å². The van der Waals surface area contributed by atoms with Crippen LogP contribution in [0.25, 0.3) is 0 Å². The van der Waals surface area contributed by atoms with Crippen LogP contribution in [0, 0.1) is 10.1 Å². The molecule has 1 aliphatic rings. The summed E-state index contributed by atoms with van der Waals surface area (Å²) in [5.41, 5.74) is 16.8. The minimum absolute atomic E-state index is 0.000975. The van der Waals surface area contributed by atoms with Crippen LogP contribution in [0.1, 0.15) is 31.2 Å². The second kappa shape index (κ2) is 13.9. The van der Waals surface area contributed by atoms with Gasteiger partial charge in [0.1, 0.15) is 6.04 Å². The fourth-order valence-electron chi connectivity index (χ4n) is 4.78. The van der Waals surface area contributed by atoms with Crippen molar-refractivity contribution in [1.82, 2.24) is 10.2 Å². The summed E-state index contributed by atoms with van der Waals surface area (Å²) in [7, 11) is -4.37. The number of amides is 3. The summed E-state index contributed by atoms with van der Waals surface area (Å²) in [6, 6.07) is 12.0. The Balaban J connectivity index is 1.95. The van der Waals surface area contributed by atoms with Crippen molar-refractivity contribution in [2.45, 2.75) is 42.3 Å². The molecular weight excluding hydrogens is 568 g/mol. The molecule has 226 valence electrons. The van der Waals surface area contributed by atoms with Crippen LogP contribution in [0.15, 0.2) is 59.6 Å². The van der Waals surface area contributed by atoms with Crippen molar-refractivity contribution in [3.05, 3.63) is 70.3 Å². The Morgan fingerprint density at radius 2 is 1.76 bits per heavy atom. The summed E-state index contributed by atoms with van der Waals surface area (Å²) in [6.45, 7) is -0.408. The number of nitro groups is 1. The first kappa shape index (κ1) is 32.0. The molecule has 3 amide bonds. The standard InChI is InChI=1S/C26H34N8O7S/c27-16-22(35)33-15-5-13-26(33,42(40,41)17-18-6-2-1-3-7-18)24(37)32-21(8-4-14-30-25(28)29)23(36)31-19-9-11-20(12-10-19)34(38)39/h1-3,6-7,9-12,21H,4-5,8,13-17,27H2,(H,31,36)(H,32,37)(H4,28,29,30)/t21-,26+/m0/s1. The highest BCUT2D eigenvalue weighted by atomic mass is 32.2. The number of carbonyl (C=O) groups is 3. The van der Waals surface area contributed by atoms with Gasteiger partial charge in [-0.25, -0.2) is 8.42 Å². The van der Waals surface area contributed by atoms with Crippen molar-refractivity contribution in [3.63, 3.8) is 0 Å². The SMILES string of the molecule is NCC(=O)N1CCC[C@]1(C(=O)N[C@@H](CCCN=C(N)N)C(=O)Nc1ccc([N+](=O)[O-])cc1)S(=O)(=O)Cc1ccccc1. The summed E-state index contributed by atoms with van der Waals surface area (Å²) in [5, 5.41) is 16.1. The van der Waals surface area contributed by atoms with Crippen LogP contribution in [0.2, 0.25) is 0 Å². The Morgan fingerprint density at radius 3 is 2.36 bits per heavy atom. The predicted octanol–water partition coefficient (Wildman–Crippen LogP) is -0.0359. The van der Waals surface area contributed by atoms with E-state index in [9.17, 15) is 32.9 Å². The van der Waals surface area contributed by atoms with Crippen LogP contribution in [-0.4, -0.2) is 72.5 Å². The Bertz CT molecular complexity index is 1430. The zero-order valence-electron chi connectivity index (χ0n) is 22.8. The van der Waals surface area contributed by atoms with Crippen molar-refractivity contribution >= 4 is 44.9 Å². The molecule has 1 saturated heterocycles. The van der Waals surface area contributed by atoms with Gasteiger partial charge in [-0.05, 0) is 43.4 Å². The van der Waals surface area contributed by atoms with E-state index in [1.54, 1.807) is 30.3 Å². The molecule has 0 unspecified atom stereocenters. The molecule has 2 aromatic rings. The quantitative estimate of drug-likeness (QED) is 0.0673. The maximum Gasteiger partial charge on any atom is 0.269 e. The van der Waals surface area contributed by atoms with Crippen LogP contribution in [-0.2, 0) is 30.0 Å². The molecule has 2 aromatic carbocycles. The largest absolute Gasteiger partial charge is 0.370 e. The van der Waals surface area contributed by atoms with Gasteiger partial charge >= 0.3 is 0 Å². The van der Waals surface area contributed by atoms with Crippen molar-refractivity contribution in [1.29, 1.82) is 0 Å². The summed E-state index contributed by atoms with van der Waals surface area (Å²) in [5.74, 6) is -3.17. The molecule has 0 saturated carbocycles. The number of non-ortho nitro benzene ring substituents is 1. The molecule has 0 spiro atoms. The Hall–Kier alpha value is -4.57. The van der Waals surface area contributed by atoms with E-state index in [2.05, 4.69) is 15.6 Å². The van der Waals surface area contributed by atoms with Gasteiger partial charge in [-0.1, -0.05) is 30.3 Å². The number of nitrogens with two attached hydrogens (primary N) is 3. The monoisotopic (exact) mass is 602 g/mol. The molecule has 1 heterocycles. The van der Waals surface area contributed by atoms with Gasteiger partial charge in [0.25, 0.3) is 11.6 Å². The predicted molar refractivity (Wildman–Crippen MR) is 155 cm³/mol. The summed E-state index contributed by atoms with van der Waals surface area (Å²) in [4.78, 5) is 53.1. The second-order valence-electron chi connectivity index (χ2n) is 9.65. The number of aliphatic imine (C=N–C) groups is 1. The zero-order valence-corrected chi connectivity index (χ0v) is 23.6. The first-order valence-corrected chi connectivity index (χ1v) is 14.7. The smallest absolute Gasteiger partial charge is 0.269 e. The van der Waals surface area contributed by atoms with Crippen molar-refractivity contribution in [3.8, 4) is 0 Å². The Kier molecular flexibility index (Phi) is 10.5. The molecule has 3 rings (SSSR count). The van der Waals surface area contributed by atoms with E-state index in [1.165, 1.54) is 24.3 Å². The number of nitrogens with zero attached hydrogens (tertiary/aromatic N) is 3. The zero-order chi connectivity index (χ0) is 30.9. The first-order valence-electron chi connectivity index (χ1n) is 13.1. The molecule has 0 radical (unpaired) electrons. The molecule has 42 heavy (non-hydrogen) atoms. The maximum atomic E-state index is 14.0. The number of benzene rings is 2. The van der Waals surface area contributed by atoms with Crippen molar-refractivity contribution in [2.24, 2.45) is 22.2 Å². The fourth-order valence-corrected chi connectivity index (χ4v) is 6.98. The van der Waals surface area contributed by atoms with Gasteiger partial charge in [-0.2, -0.15) is 0 Å². The van der Waals surface area contributed by atoms with E-state index in [0.29, 0.717) is 5.56 Å². The van der Waals surface area contributed by atoms with Crippen LogP contribution in [0.5, 0.6) is 0 Å². The molecule has 16 heteroatoms. The Labute approximate surface area is 242 Å². The topological polar surface area (TPSA) is 246 Å². The molecule has 2 atom stereocenters. The second-order valence-corrected chi connectivity index (χ2v) is 11.8. The lowest BCUT2D eigenvalue weighted by atomic mass is 10.1. The molecule has 0 bridgehead atoms. The first-order chi connectivity index (χ1) is 19.9. The highest BCUT2D eigenvalue weighted by molar-refractivity contribution is 7.92. The number of sulfone groups is 1. The fraction of sp³-hybridized carbons (Fsp3) is 0.385. The van der Waals surface area contributed by atoms with Gasteiger partial charge < -0.3 is 32.7 Å². The summed E-state index contributed by atoms with van der Waals surface area (Å²) in [6.07, 6.45) is 0.258. The van der Waals surface area contributed by atoms with Crippen LogP contribution < -0.4 is 27.8 Å². The van der Waals surface area contributed by atoms with E-state index < -0.39 is 55.7 Å². The number of nitro benzene ring substituents is 1. The van der Waals surface area contributed by atoms with E-state index in [1.807, 2.05) is 0 Å². The molecule has 15 nitrogen and oxygen atoms in total. The number of carbonyl (C=O) groups excluding carboxylic acids is 3. The number of nitrogens with one attached hydrogen (secondary N) is 2. The van der Waals surface area contributed by atoms with Gasteiger partial charge in [0, 0.05) is 30.9 Å². The number of guanidine groups is 1. The van der Waals surface area contributed by atoms with E-state index >= 15 is 0 Å². The Morgan fingerprint density at radius 1 is 1.10 bits per heavy atom. The maximum absolute atomic E-state index is 14.0. The lowest BCUT2D eigenvalue weighted by Crippen LogP contribution is -2.65. The molecule has 8 N–H and O–H groups in total. The third-order valence-electron chi connectivity index (χ3n) is 6.79. The van der Waals surface area contributed by atoms with Crippen LogP contribution in [0.4, 0.5) is 11.4 Å². The van der Waals surface area contributed by atoms with Gasteiger partial charge in [0.2, 0.25) is 16.7 Å². The van der Waals surface area contributed by atoms with E-state index in [0.717, 1.165) is 4.90 Å². The highest BCUT2D eigenvalue weighted by Gasteiger charge is 2.59. The summed E-state index contributed by atoms with van der Waals surface area (Å²) < 4.78 is 27.9. The highest BCUT2D eigenvalue weighted by Crippen LogP contribution is 2.37. The minimum Gasteiger partial charge on any atom is -0.370 e. The number of likely N-dealkylation sites (tertiary alicyclic amines) is 1. The van der Waals surface area contributed by atoms with Crippen molar-refractivity contribution < 1.29 is 27.7 Å². The average Bonchev–Trinajstić information content (AvgIpc) is 3.42. The normalized spacial score (nSPS) is 17.2. The van der Waals surface area contributed by atoms with Crippen molar-refractivity contribution in [2.75, 3.05) is 25.0 Å². The van der Waals surface area contributed by atoms with Gasteiger partial charge in [-0.3, -0.25) is 29.5 Å². The van der Waals surface area contributed by atoms with Gasteiger partial charge in [-0.15, -0.1) is 0 Å². The molecular formula is C26H34N8O7S. The van der Waals surface area contributed by atoms with E-state index in [4.69, 9.17) is 17.2 Å². The molecule has 1 aliphatic heterocycles. The summed E-state index contributed by atoms with van der Waals surface area (Å²) >= 11 is 0. The number of anilines is 1. The lowest BCUT2D eigenvalue weighted by Gasteiger charge is -2.37. The van der Waals surface area contributed by atoms with E-state index in [-0.39, 0.29) is 56.1 Å². The third-order valence-corrected chi connectivity index (χ3v) is 9.14. The molecule has 0 aliphatic carbocycles. The third kappa shape index (κ3) is 7.38. The molecule has 1 fully saturated rings. The number of hydrogen-bond donors (Lipinski definition) is 5. The van der Waals surface area contributed by atoms with Gasteiger partial charge in [0.15, 0.2) is 15.8 Å². The van der Waals surface area contributed by atoms with Gasteiger partial charge in [0.05, 0.1) is 17.2 Å². The van der Waals surface area contributed by atoms with Crippen LogP contribution >= 0.6 is 0 Å². The number of hydrogen-bond acceptors (Lipinski definition) is 9. The lowest BCUT2D eigenvalue weighted by molar-refractivity contribution is -0.384. The molecule has 0 aromatic heterocycles. The average molecular weight is 603 g/mol. The minimum atomic E-state index is -4.37. The number of rotatable bonds is 13.